The first kappa shape index (κ1) is 11.7. The largest absolute Gasteiger partial charge is 0.309 e. The van der Waals surface area contributed by atoms with Gasteiger partial charge in [0.25, 0.3) is 0 Å². The van der Waals surface area contributed by atoms with Crippen molar-refractivity contribution >= 4 is 0 Å². The fourth-order valence-corrected chi connectivity index (χ4v) is 3.97. The average Bonchev–Trinajstić information content (AvgIpc) is 2.79. The second kappa shape index (κ2) is 5.11. The predicted octanol–water partition coefficient (Wildman–Crippen LogP) is 2.56. The first-order valence-electron chi connectivity index (χ1n) is 7.49. The number of nitrogens with zero attached hydrogens (tertiary/aromatic N) is 1. The van der Waals surface area contributed by atoms with Crippen molar-refractivity contribution in [2.75, 3.05) is 26.2 Å². The van der Waals surface area contributed by atoms with Crippen molar-refractivity contribution in [3.05, 3.63) is 12.2 Å². The molecule has 0 aromatic carbocycles. The van der Waals surface area contributed by atoms with Crippen molar-refractivity contribution in [1.29, 1.82) is 0 Å². The lowest BCUT2D eigenvalue weighted by atomic mass is 9.91. The Bertz CT molecular complexity index is 279. The summed E-state index contributed by atoms with van der Waals surface area (Å²) in [6, 6.07) is 0. The molecule has 1 atom stereocenters. The third kappa shape index (κ3) is 2.74. The Morgan fingerprint density at radius 2 is 2.12 bits per heavy atom. The van der Waals surface area contributed by atoms with E-state index in [9.17, 15) is 0 Å². The molecule has 1 N–H and O–H groups in total. The van der Waals surface area contributed by atoms with E-state index in [0.717, 1.165) is 5.92 Å². The van der Waals surface area contributed by atoms with Crippen LogP contribution in [0.25, 0.3) is 0 Å². The van der Waals surface area contributed by atoms with E-state index < -0.39 is 0 Å². The van der Waals surface area contributed by atoms with Gasteiger partial charge in [-0.05, 0) is 38.0 Å². The summed E-state index contributed by atoms with van der Waals surface area (Å²) in [7, 11) is 0. The molecule has 3 rings (SSSR count). The SMILES string of the molecule is C1=CCC(CN2CCNC3(CCCC3)C2)CC1. The minimum Gasteiger partial charge on any atom is -0.309 e. The quantitative estimate of drug-likeness (QED) is 0.739. The first-order chi connectivity index (χ1) is 8.36. The molecule has 1 unspecified atom stereocenters. The minimum absolute atomic E-state index is 0.503. The van der Waals surface area contributed by atoms with Crippen LogP contribution in [0, 0.1) is 5.92 Å². The number of piperazine rings is 1. The zero-order valence-electron chi connectivity index (χ0n) is 11.0. The molecule has 0 aromatic heterocycles. The molecule has 1 aliphatic heterocycles. The van der Waals surface area contributed by atoms with Gasteiger partial charge in [-0.1, -0.05) is 25.0 Å². The molecule has 2 fully saturated rings. The van der Waals surface area contributed by atoms with Crippen molar-refractivity contribution < 1.29 is 0 Å². The van der Waals surface area contributed by atoms with Crippen LogP contribution in [0.5, 0.6) is 0 Å². The van der Waals surface area contributed by atoms with E-state index in [1.54, 1.807) is 0 Å². The second-order valence-corrected chi connectivity index (χ2v) is 6.30. The van der Waals surface area contributed by atoms with Crippen LogP contribution in [0.2, 0.25) is 0 Å². The molecule has 1 heterocycles. The smallest absolute Gasteiger partial charge is 0.0309 e. The molecular formula is C15H26N2. The Hall–Kier alpha value is -0.340. The normalized spacial score (nSPS) is 33.3. The minimum atomic E-state index is 0.503. The highest BCUT2D eigenvalue weighted by molar-refractivity contribution is 4.99. The summed E-state index contributed by atoms with van der Waals surface area (Å²) in [5, 5.41) is 3.81. The summed E-state index contributed by atoms with van der Waals surface area (Å²) in [4.78, 5) is 2.74. The predicted molar refractivity (Wildman–Crippen MR) is 72.1 cm³/mol. The van der Waals surface area contributed by atoms with E-state index in [1.165, 1.54) is 71.1 Å². The number of rotatable bonds is 2. The maximum atomic E-state index is 3.81. The lowest BCUT2D eigenvalue weighted by Crippen LogP contribution is -2.59. The average molecular weight is 234 g/mol. The summed E-state index contributed by atoms with van der Waals surface area (Å²) in [5.41, 5.74) is 0.503. The van der Waals surface area contributed by atoms with Crippen LogP contribution >= 0.6 is 0 Å². The van der Waals surface area contributed by atoms with Crippen molar-refractivity contribution in [1.82, 2.24) is 10.2 Å². The van der Waals surface area contributed by atoms with E-state index >= 15 is 0 Å². The van der Waals surface area contributed by atoms with Crippen LogP contribution in [-0.2, 0) is 0 Å². The maximum Gasteiger partial charge on any atom is 0.0309 e. The third-order valence-electron chi connectivity index (χ3n) is 4.91. The highest BCUT2D eigenvalue weighted by atomic mass is 15.2. The van der Waals surface area contributed by atoms with Crippen molar-refractivity contribution in [2.24, 2.45) is 5.92 Å². The standard InChI is InChI=1S/C15H26N2/c1-2-6-14(7-3-1)12-17-11-10-16-15(13-17)8-4-5-9-15/h1-2,14,16H,3-13H2. The van der Waals surface area contributed by atoms with Gasteiger partial charge >= 0.3 is 0 Å². The van der Waals surface area contributed by atoms with Gasteiger partial charge in [0, 0.05) is 31.7 Å². The van der Waals surface area contributed by atoms with E-state index in [1.807, 2.05) is 0 Å². The molecule has 3 aliphatic rings. The van der Waals surface area contributed by atoms with Gasteiger partial charge in [-0.2, -0.15) is 0 Å². The van der Waals surface area contributed by atoms with Crippen LogP contribution < -0.4 is 5.32 Å². The first-order valence-corrected chi connectivity index (χ1v) is 7.49. The van der Waals surface area contributed by atoms with Crippen molar-refractivity contribution in [3.63, 3.8) is 0 Å². The Morgan fingerprint density at radius 1 is 1.24 bits per heavy atom. The van der Waals surface area contributed by atoms with Crippen LogP contribution in [-0.4, -0.2) is 36.6 Å². The van der Waals surface area contributed by atoms with E-state index in [2.05, 4.69) is 22.4 Å². The van der Waals surface area contributed by atoms with E-state index in [-0.39, 0.29) is 0 Å². The molecule has 0 aromatic rings. The molecule has 2 aliphatic carbocycles. The molecule has 2 nitrogen and oxygen atoms in total. The summed E-state index contributed by atoms with van der Waals surface area (Å²) >= 11 is 0. The highest BCUT2D eigenvalue weighted by Crippen LogP contribution is 2.32. The molecule has 1 saturated heterocycles. The lowest BCUT2D eigenvalue weighted by molar-refractivity contribution is 0.115. The van der Waals surface area contributed by atoms with Gasteiger partial charge in [-0.25, -0.2) is 0 Å². The van der Waals surface area contributed by atoms with E-state index in [0.29, 0.717) is 5.54 Å². The topological polar surface area (TPSA) is 15.3 Å². The van der Waals surface area contributed by atoms with Gasteiger partial charge in [0.05, 0.1) is 0 Å². The number of hydrogen-bond acceptors (Lipinski definition) is 2. The summed E-state index contributed by atoms with van der Waals surface area (Å²) in [5.74, 6) is 0.927. The van der Waals surface area contributed by atoms with Gasteiger partial charge in [0.2, 0.25) is 0 Å². The Labute approximate surface area is 105 Å². The van der Waals surface area contributed by atoms with Crippen molar-refractivity contribution in [2.45, 2.75) is 50.5 Å². The highest BCUT2D eigenvalue weighted by Gasteiger charge is 2.37. The molecule has 0 amide bonds. The molecule has 0 bridgehead atoms. The van der Waals surface area contributed by atoms with Crippen LogP contribution in [0.15, 0.2) is 12.2 Å². The molecule has 1 spiro atoms. The molecule has 17 heavy (non-hydrogen) atoms. The van der Waals surface area contributed by atoms with Gasteiger partial charge < -0.3 is 5.32 Å². The molecular weight excluding hydrogens is 208 g/mol. The van der Waals surface area contributed by atoms with Crippen molar-refractivity contribution in [3.8, 4) is 0 Å². The van der Waals surface area contributed by atoms with Crippen LogP contribution in [0.1, 0.15) is 44.9 Å². The summed E-state index contributed by atoms with van der Waals surface area (Å²) in [6.45, 7) is 5.13. The fourth-order valence-electron chi connectivity index (χ4n) is 3.97. The molecule has 0 radical (unpaired) electrons. The van der Waals surface area contributed by atoms with Gasteiger partial charge in [-0.3, -0.25) is 4.90 Å². The third-order valence-corrected chi connectivity index (χ3v) is 4.91. The second-order valence-electron chi connectivity index (χ2n) is 6.30. The fraction of sp³-hybridized carbons (Fsp3) is 0.867. The zero-order chi connectivity index (χ0) is 11.6. The monoisotopic (exact) mass is 234 g/mol. The number of allylic oxidation sites excluding steroid dienone is 2. The van der Waals surface area contributed by atoms with Crippen LogP contribution in [0.3, 0.4) is 0 Å². The summed E-state index contributed by atoms with van der Waals surface area (Å²) in [6.07, 6.45) is 14.5. The Kier molecular flexibility index (Phi) is 3.53. The van der Waals surface area contributed by atoms with Crippen LogP contribution in [0.4, 0.5) is 0 Å². The maximum absolute atomic E-state index is 3.81. The molecule has 1 saturated carbocycles. The number of hydrogen-bond donors (Lipinski definition) is 1. The van der Waals surface area contributed by atoms with Gasteiger partial charge in [0.15, 0.2) is 0 Å². The number of nitrogens with one attached hydrogen (secondary N) is 1. The summed E-state index contributed by atoms with van der Waals surface area (Å²) < 4.78 is 0. The zero-order valence-corrected chi connectivity index (χ0v) is 11.0. The van der Waals surface area contributed by atoms with Gasteiger partial charge in [-0.15, -0.1) is 0 Å². The lowest BCUT2D eigenvalue weighted by Gasteiger charge is -2.43. The Balaban J connectivity index is 1.54. The molecule has 96 valence electrons. The Morgan fingerprint density at radius 3 is 2.88 bits per heavy atom. The van der Waals surface area contributed by atoms with Gasteiger partial charge in [0.1, 0.15) is 0 Å². The molecule has 2 heteroatoms. The van der Waals surface area contributed by atoms with E-state index in [4.69, 9.17) is 0 Å².